The highest BCUT2D eigenvalue weighted by Gasteiger charge is 2.23. The third kappa shape index (κ3) is 7.38. The highest BCUT2D eigenvalue weighted by molar-refractivity contribution is 5.97. The molecule has 7 nitrogen and oxygen atoms in total. The van der Waals surface area contributed by atoms with Crippen molar-refractivity contribution in [1.29, 1.82) is 0 Å². The fourth-order valence-corrected chi connectivity index (χ4v) is 2.80. The van der Waals surface area contributed by atoms with Crippen LogP contribution in [0.15, 0.2) is 24.3 Å². The van der Waals surface area contributed by atoms with E-state index in [4.69, 9.17) is 4.74 Å². The first-order chi connectivity index (χ1) is 12.8. The Morgan fingerprint density at radius 2 is 1.81 bits per heavy atom. The Morgan fingerprint density at radius 1 is 1.15 bits per heavy atom. The van der Waals surface area contributed by atoms with Crippen LogP contribution in [0.25, 0.3) is 0 Å². The van der Waals surface area contributed by atoms with Crippen LogP contribution in [0.1, 0.15) is 38.1 Å². The van der Waals surface area contributed by atoms with Crippen molar-refractivity contribution in [2.45, 2.75) is 27.7 Å². The molecule has 0 radical (unpaired) electrons. The summed E-state index contributed by atoms with van der Waals surface area (Å²) < 4.78 is 4.79. The highest BCUT2D eigenvalue weighted by atomic mass is 16.5. The number of nitrogens with zero attached hydrogens (tertiary/aromatic N) is 2. The lowest BCUT2D eigenvalue weighted by Crippen LogP contribution is -2.42. The predicted molar refractivity (Wildman–Crippen MR) is 106 cm³/mol. The van der Waals surface area contributed by atoms with Crippen molar-refractivity contribution in [3.63, 3.8) is 0 Å². The van der Waals surface area contributed by atoms with E-state index in [1.54, 1.807) is 36.1 Å². The summed E-state index contributed by atoms with van der Waals surface area (Å²) in [5.74, 6) is -1.14. The lowest BCUT2D eigenvalue weighted by Gasteiger charge is -2.28. The van der Waals surface area contributed by atoms with Gasteiger partial charge in [0.2, 0.25) is 5.91 Å². The number of carbonyl (C=O) groups is 3. The van der Waals surface area contributed by atoms with Crippen molar-refractivity contribution in [2.24, 2.45) is 5.92 Å². The second-order valence-electron chi connectivity index (χ2n) is 6.46. The summed E-state index contributed by atoms with van der Waals surface area (Å²) >= 11 is 0. The molecule has 0 aliphatic rings. The van der Waals surface area contributed by atoms with Crippen molar-refractivity contribution in [3.8, 4) is 0 Å². The molecule has 0 aromatic heterocycles. The second kappa shape index (κ2) is 11.3. The van der Waals surface area contributed by atoms with Crippen molar-refractivity contribution in [1.82, 2.24) is 9.80 Å². The molecule has 7 heteroatoms. The quantitative estimate of drug-likeness (QED) is 0.633. The van der Waals surface area contributed by atoms with Crippen LogP contribution < -0.4 is 5.32 Å². The number of amides is 2. The van der Waals surface area contributed by atoms with Crippen molar-refractivity contribution >= 4 is 23.5 Å². The number of likely N-dealkylation sites (N-methyl/N-ethyl adjacent to an activating group) is 1. The Bertz CT molecular complexity index is 644. The van der Waals surface area contributed by atoms with E-state index in [9.17, 15) is 14.4 Å². The van der Waals surface area contributed by atoms with Gasteiger partial charge < -0.3 is 19.9 Å². The zero-order chi connectivity index (χ0) is 20.4. The van der Waals surface area contributed by atoms with Crippen molar-refractivity contribution in [3.05, 3.63) is 29.8 Å². The lowest BCUT2D eigenvalue weighted by atomic mass is 10.1. The molecule has 150 valence electrons. The van der Waals surface area contributed by atoms with Gasteiger partial charge in [-0.15, -0.1) is 0 Å². The van der Waals surface area contributed by atoms with Gasteiger partial charge in [0.1, 0.15) is 0 Å². The molecule has 1 aromatic carbocycles. The van der Waals surface area contributed by atoms with Gasteiger partial charge in [-0.25, -0.2) is 0 Å². The summed E-state index contributed by atoms with van der Waals surface area (Å²) in [5.41, 5.74) is 1.04. The van der Waals surface area contributed by atoms with Crippen LogP contribution in [0.4, 0.5) is 5.69 Å². The Morgan fingerprint density at radius 3 is 2.37 bits per heavy atom. The van der Waals surface area contributed by atoms with Crippen LogP contribution in [0.2, 0.25) is 0 Å². The molecule has 27 heavy (non-hydrogen) atoms. The van der Waals surface area contributed by atoms with E-state index < -0.39 is 5.92 Å². The first-order valence-electron chi connectivity index (χ1n) is 9.29. The number of benzene rings is 1. The van der Waals surface area contributed by atoms with E-state index in [2.05, 4.69) is 24.1 Å². The van der Waals surface area contributed by atoms with E-state index in [-0.39, 0.29) is 24.3 Å². The van der Waals surface area contributed by atoms with Crippen LogP contribution in [0.5, 0.6) is 0 Å². The van der Waals surface area contributed by atoms with E-state index >= 15 is 0 Å². The minimum absolute atomic E-state index is 0.176. The number of ether oxygens (including phenoxy) is 1. The summed E-state index contributed by atoms with van der Waals surface area (Å²) in [4.78, 5) is 40.0. The van der Waals surface area contributed by atoms with Crippen LogP contribution in [0, 0.1) is 5.92 Å². The van der Waals surface area contributed by atoms with Gasteiger partial charge >= 0.3 is 5.97 Å². The normalized spacial score (nSPS) is 11.8. The van der Waals surface area contributed by atoms with Crippen LogP contribution in [0.3, 0.4) is 0 Å². The number of nitrogens with one attached hydrogen (secondary N) is 1. The highest BCUT2D eigenvalue weighted by Crippen LogP contribution is 2.14. The molecule has 0 heterocycles. The standard InChI is InChI=1S/C20H31N3O4/c1-6-22(7-2)11-12-23(14-15(3)20(26)27-5)19(25)17-9-8-10-18(13-17)21-16(4)24/h8-10,13,15H,6-7,11-12,14H2,1-5H3,(H,21,24). The maximum absolute atomic E-state index is 13.1. The predicted octanol–water partition coefficient (Wildman–Crippen LogP) is 2.24. The number of hydrogen-bond acceptors (Lipinski definition) is 5. The molecule has 1 rings (SSSR count). The maximum Gasteiger partial charge on any atom is 0.310 e. The minimum Gasteiger partial charge on any atom is -0.469 e. The van der Waals surface area contributed by atoms with Crippen LogP contribution >= 0.6 is 0 Å². The SMILES string of the molecule is CCN(CC)CCN(CC(C)C(=O)OC)C(=O)c1cccc(NC(C)=O)c1. The third-order valence-electron chi connectivity index (χ3n) is 4.40. The van der Waals surface area contributed by atoms with Gasteiger partial charge in [0.05, 0.1) is 13.0 Å². The lowest BCUT2D eigenvalue weighted by molar-refractivity contribution is -0.145. The third-order valence-corrected chi connectivity index (χ3v) is 4.40. The number of rotatable bonds is 10. The molecule has 0 saturated carbocycles. The number of carbonyl (C=O) groups excluding carboxylic acids is 3. The van der Waals surface area contributed by atoms with Gasteiger partial charge in [-0.3, -0.25) is 14.4 Å². The van der Waals surface area contributed by atoms with Crippen molar-refractivity contribution in [2.75, 3.05) is 45.2 Å². The van der Waals surface area contributed by atoms with Crippen LogP contribution in [-0.4, -0.2) is 67.4 Å². The van der Waals surface area contributed by atoms with E-state index in [0.717, 1.165) is 19.6 Å². The fourth-order valence-electron chi connectivity index (χ4n) is 2.80. The average Bonchev–Trinajstić information content (AvgIpc) is 2.66. The molecular formula is C20H31N3O4. The monoisotopic (exact) mass is 377 g/mol. The molecular weight excluding hydrogens is 346 g/mol. The molecule has 0 aliphatic heterocycles. The van der Waals surface area contributed by atoms with Crippen molar-refractivity contribution < 1.29 is 19.1 Å². The molecule has 0 aliphatic carbocycles. The Balaban J connectivity index is 2.99. The van der Waals surface area contributed by atoms with Gasteiger partial charge in [-0.2, -0.15) is 0 Å². The summed E-state index contributed by atoms with van der Waals surface area (Å²) in [5, 5.41) is 2.68. The summed E-state index contributed by atoms with van der Waals surface area (Å²) in [6, 6.07) is 6.82. The molecule has 1 aromatic rings. The van der Waals surface area contributed by atoms with Gasteiger partial charge in [-0.05, 0) is 31.3 Å². The van der Waals surface area contributed by atoms with Gasteiger partial charge in [-0.1, -0.05) is 26.8 Å². The fraction of sp³-hybridized carbons (Fsp3) is 0.550. The first-order valence-corrected chi connectivity index (χ1v) is 9.29. The second-order valence-corrected chi connectivity index (χ2v) is 6.46. The van der Waals surface area contributed by atoms with E-state index in [1.807, 2.05) is 0 Å². The van der Waals surface area contributed by atoms with Gasteiger partial charge in [0.25, 0.3) is 5.91 Å². The summed E-state index contributed by atoms with van der Waals surface area (Å²) in [6.45, 7) is 10.6. The minimum atomic E-state index is -0.422. The molecule has 2 amide bonds. The van der Waals surface area contributed by atoms with Crippen LogP contribution in [-0.2, 0) is 14.3 Å². The van der Waals surface area contributed by atoms with Gasteiger partial charge in [0.15, 0.2) is 0 Å². The topological polar surface area (TPSA) is 79.0 Å². The molecule has 0 spiro atoms. The Labute approximate surface area is 161 Å². The number of hydrogen-bond donors (Lipinski definition) is 1. The zero-order valence-corrected chi connectivity index (χ0v) is 16.9. The smallest absolute Gasteiger partial charge is 0.310 e. The zero-order valence-electron chi connectivity index (χ0n) is 16.9. The van der Waals surface area contributed by atoms with E-state index in [0.29, 0.717) is 17.8 Å². The maximum atomic E-state index is 13.1. The average molecular weight is 377 g/mol. The molecule has 1 atom stereocenters. The Kier molecular flexibility index (Phi) is 9.50. The first kappa shape index (κ1) is 22.6. The van der Waals surface area contributed by atoms with Gasteiger partial charge in [0, 0.05) is 37.8 Å². The molecule has 0 saturated heterocycles. The molecule has 1 N–H and O–H groups in total. The summed E-state index contributed by atoms with van der Waals surface area (Å²) in [7, 11) is 1.35. The number of esters is 1. The Hall–Kier alpha value is -2.41. The molecule has 1 unspecified atom stereocenters. The largest absolute Gasteiger partial charge is 0.469 e. The number of methoxy groups -OCH3 is 1. The summed E-state index contributed by atoms with van der Waals surface area (Å²) in [6.07, 6.45) is 0. The molecule has 0 fully saturated rings. The van der Waals surface area contributed by atoms with E-state index in [1.165, 1.54) is 14.0 Å². The number of anilines is 1. The molecule has 0 bridgehead atoms.